The Balaban J connectivity index is 2.24. The van der Waals surface area contributed by atoms with E-state index in [-0.39, 0.29) is 11.6 Å². The molecule has 0 bridgehead atoms. The first kappa shape index (κ1) is 11.8. The molecular weight excluding hydrogens is 214 g/mol. The molecule has 1 aromatic heterocycles. The summed E-state index contributed by atoms with van der Waals surface area (Å²) in [6, 6.07) is 7.59. The van der Waals surface area contributed by atoms with Crippen molar-refractivity contribution in [1.82, 2.24) is 9.55 Å². The number of fused-ring (bicyclic) bond motifs is 1. The van der Waals surface area contributed by atoms with E-state index in [9.17, 15) is 4.79 Å². The molecule has 0 saturated heterocycles. The lowest BCUT2D eigenvalue weighted by Gasteiger charge is -2.07. The first-order valence-electron chi connectivity index (χ1n) is 5.88. The van der Waals surface area contributed by atoms with Crippen molar-refractivity contribution < 1.29 is 0 Å². The van der Waals surface area contributed by atoms with E-state index in [4.69, 9.17) is 5.73 Å². The van der Waals surface area contributed by atoms with Gasteiger partial charge in [-0.1, -0.05) is 12.1 Å². The van der Waals surface area contributed by atoms with E-state index in [1.54, 1.807) is 10.9 Å². The molecule has 1 atom stereocenters. The standard InChI is InChI=1S/C13H17N3O/c1-10(14)5-4-8-16-9-15-12-7-3-2-6-11(12)13(16)17/h2-3,6-7,9-10H,4-5,8,14H2,1H3. The number of aryl methyl sites for hydroxylation is 1. The largest absolute Gasteiger partial charge is 0.328 e. The molecule has 4 heteroatoms. The molecular formula is C13H17N3O. The lowest BCUT2D eigenvalue weighted by atomic mass is 10.2. The quantitative estimate of drug-likeness (QED) is 0.868. The van der Waals surface area contributed by atoms with Crippen molar-refractivity contribution in [1.29, 1.82) is 0 Å². The summed E-state index contributed by atoms with van der Waals surface area (Å²) in [5, 5.41) is 0.677. The fourth-order valence-electron chi connectivity index (χ4n) is 1.85. The number of benzene rings is 1. The van der Waals surface area contributed by atoms with Gasteiger partial charge >= 0.3 is 0 Å². The lowest BCUT2D eigenvalue weighted by Crippen LogP contribution is -2.22. The van der Waals surface area contributed by atoms with E-state index in [1.165, 1.54) is 0 Å². The van der Waals surface area contributed by atoms with Crippen LogP contribution in [0, 0.1) is 0 Å². The number of aromatic nitrogens is 2. The number of para-hydroxylation sites is 1. The van der Waals surface area contributed by atoms with E-state index in [2.05, 4.69) is 4.98 Å². The van der Waals surface area contributed by atoms with Crippen LogP contribution in [0.4, 0.5) is 0 Å². The second-order valence-corrected chi connectivity index (χ2v) is 4.38. The fraction of sp³-hybridized carbons (Fsp3) is 0.385. The van der Waals surface area contributed by atoms with E-state index < -0.39 is 0 Å². The smallest absolute Gasteiger partial charge is 0.261 e. The molecule has 0 spiro atoms. The van der Waals surface area contributed by atoms with Crippen LogP contribution in [0.2, 0.25) is 0 Å². The van der Waals surface area contributed by atoms with E-state index in [1.807, 2.05) is 31.2 Å². The van der Waals surface area contributed by atoms with Gasteiger partial charge in [-0.2, -0.15) is 0 Å². The fourth-order valence-corrected chi connectivity index (χ4v) is 1.85. The van der Waals surface area contributed by atoms with Crippen molar-refractivity contribution in [3.05, 3.63) is 40.9 Å². The number of hydrogen-bond acceptors (Lipinski definition) is 3. The minimum absolute atomic E-state index is 0.0280. The van der Waals surface area contributed by atoms with E-state index >= 15 is 0 Å². The number of hydrogen-bond donors (Lipinski definition) is 1. The van der Waals surface area contributed by atoms with Crippen LogP contribution in [0.25, 0.3) is 10.9 Å². The topological polar surface area (TPSA) is 60.9 Å². The molecule has 0 aliphatic carbocycles. The molecule has 90 valence electrons. The maximum atomic E-state index is 12.1. The first-order chi connectivity index (χ1) is 8.18. The SMILES string of the molecule is CC(N)CCCn1cnc2ccccc2c1=O. The van der Waals surface area contributed by atoms with Gasteiger partial charge in [0.2, 0.25) is 0 Å². The van der Waals surface area contributed by atoms with Gasteiger partial charge in [0, 0.05) is 12.6 Å². The zero-order valence-corrected chi connectivity index (χ0v) is 9.97. The zero-order chi connectivity index (χ0) is 12.3. The lowest BCUT2D eigenvalue weighted by molar-refractivity contribution is 0.546. The Bertz CT molecular complexity index is 560. The summed E-state index contributed by atoms with van der Waals surface area (Å²) in [5.41, 5.74) is 6.46. The first-order valence-corrected chi connectivity index (χ1v) is 5.88. The molecule has 1 heterocycles. The normalized spacial score (nSPS) is 12.8. The third-order valence-electron chi connectivity index (χ3n) is 2.79. The predicted molar refractivity (Wildman–Crippen MR) is 68.9 cm³/mol. The van der Waals surface area contributed by atoms with Crippen LogP contribution in [0.5, 0.6) is 0 Å². The second-order valence-electron chi connectivity index (χ2n) is 4.38. The van der Waals surface area contributed by atoms with Crippen molar-refractivity contribution in [3.8, 4) is 0 Å². The van der Waals surface area contributed by atoms with Gasteiger partial charge in [0.15, 0.2) is 0 Å². The van der Waals surface area contributed by atoms with Gasteiger partial charge in [-0.05, 0) is 31.9 Å². The summed E-state index contributed by atoms with van der Waals surface area (Å²) in [6.07, 6.45) is 3.43. The van der Waals surface area contributed by atoms with E-state index in [0.29, 0.717) is 11.9 Å². The van der Waals surface area contributed by atoms with Gasteiger partial charge in [0.05, 0.1) is 17.2 Å². The van der Waals surface area contributed by atoms with Gasteiger partial charge in [0.25, 0.3) is 5.56 Å². The number of rotatable bonds is 4. The Morgan fingerprint density at radius 2 is 2.18 bits per heavy atom. The van der Waals surface area contributed by atoms with Crippen LogP contribution < -0.4 is 11.3 Å². The Hall–Kier alpha value is -1.68. The molecule has 2 aromatic rings. The highest BCUT2D eigenvalue weighted by molar-refractivity contribution is 5.76. The van der Waals surface area contributed by atoms with Crippen LogP contribution >= 0.6 is 0 Å². The van der Waals surface area contributed by atoms with Crippen molar-refractivity contribution >= 4 is 10.9 Å². The van der Waals surface area contributed by atoms with Crippen molar-refractivity contribution in [2.75, 3.05) is 0 Å². The molecule has 0 amide bonds. The van der Waals surface area contributed by atoms with Gasteiger partial charge < -0.3 is 5.73 Å². The molecule has 0 aliphatic rings. The molecule has 0 aliphatic heterocycles. The Morgan fingerprint density at radius 1 is 1.41 bits per heavy atom. The van der Waals surface area contributed by atoms with Crippen LogP contribution in [0.15, 0.2) is 35.4 Å². The van der Waals surface area contributed by atoms with Crippen molar-refractivity contribution in [3.63, 3.8) is 0 Å². The molecule has 1 unspecified atom stereocenters. The molecule has 17 heavy (non-hydrogen) atoms. The van der Waals surface area contributed by atoms with E-state index in [0.717, 1.165) is 18.4 Å². The van der Waals surface area contributed by atoms with Gasteiger partial charge in [-0.25, -0.2) is 4.98 Å². The maximum absolute atomic E-state index is 12.1. The van der Waals surface area contributed by atoms with Gasteiger partial charge in [0.1, 0.15) is 0 Å². The summed E-state index contributed by atoms with van der Waals surface area (Å²) in [4.78, 5) is 16.4. The number of nitrogens with zero attached hydrogens (tertiary/aromatic N) is 2. The molecule has 0 saturated carbocycles. The number of nitrogens with two attached hydrogens (primary N) is 1. The molecule has 2 N–H and O–H groups in total. The molecule has 1 aromatic carbocycles. The average Bonchev–Trinajstić information content (AvgIpc) is 2.32. The minimum Gasteiger partial charge on any atom is -0.328 e. The Kier molecular flexibility index (Phi) is 3.54. The highest BCUT2D eigenvalue weighted by Crippen LogP contribution is 2.05. The minimum atomic E-state index is 0.0280. The summed E-state index contributed by atoms with van der Waals surface area (Å²) in [6.45, 7) is 2.65. The maximum Gasteiger partial charge on any atom is 0.261 e. The third-order valence-corrected chi connectivity index (χ3v) is 2.79. The van der Waals surface area contributed by atoms with Crippen LogP contribution in [0.3, 0.4) is 0 Å². The highest BCUT2D eigenvalue weighted by atomic mass is 16.1. The highest BCUT2D eigenvalue weighted by Gasteiger charge is 2.03. The van der Waals surface area contributed by atoms with Crippen LogP contribution in [-0.2, 0) is 6.54 Å². The monoisotopic (exact) mass is 231 g/mol. The Morgan fingerprint density at radius 3 is 2.94 bits per heavy atom. The average molecular weight is 231 g/mol. The van der Waals surface area contributed by atoms with Gasteiger partial charge in [-0.3, -0.25) is 9.36 Å². The molecule has 0 radical (unpaired) electrons. The second kappa shape index (κ2) is 5.10. The van der Waals surface area contributed by atoms with Crippen LogP contribution in [0.1, 0.15) is 19.8 Å². The van der Waals surface area contributed by atoms with Crippen molar-refractivity contribution in [2.24, 2.45) is 5.73 Å². The summed E-state index contributed by atoms with van der Waals surface area (Å²) < 4.78 is 1.66. The van der Waals surface area contributed by atoms with Crippen LogP contribution in [-0.4, -0.2) is 15.6 Å². The van der Waals surface area contributed by atoms with Gasteiger partial charge in [-0.15, -0.1) is 0 Å². The van der Waals surface area contributed by atoms with Crippen molar-refractivity contribution in [2.45, 2.75) is 32.4 Å². The summed E-state index contributed by atoms with van der Waals surface area (Å²) in [5.74, 6) is 0. The zero-order valence-electron chi connectivity index (χ0n) is 9.97. The third kappa shape index (κ3) is 2.71. The Labute approximate surface area is 100 Å². The summed E-state index contributed by atoms with van der Waals surface area (Å²) >= 11 is 0. The molecule has 2 rings (SSSR count). The molecule has 0 fully saturated rings. The predicted octanol–water partition coefficient (Wildman–Crippen LogP) is 1.52. The summed E-state index contributed by atoms with van der Waals surface area (Å²) in [7, 11) is 0. The molecule has 4 nitrogen and oxygen atoms in total.